The van der Waals surface area contributed by atoms with E-state index in [9.17, 15) is 0 Å². The predicted molar refractivity (Wildman–Crippen MR) is 70.1 cm³/mol. The van der Waals surface area contributed by atoms with Crippen molar-refractivity contribution in [1.82, 2.24) is 25.3 Å². The monoisotopic (exact) mass is 251 g/mol. The number of hydrogen-bond acceptors (Lipinski definition) is 5. The van der Waals surface area contributed by atoms with E-state index in [-0.39, 0.29) is 0 Å². The molecule has 2 aromatic heterocycles. The molecule has 0 spiro atoms. The fourth-order valence-corrected chi connectivity index (χ4v) is 2.63. The zero-order valence-corrected chi connectivity index (χ0v) is 11.1. The smallest absolute Gasteiger partial charge is 0.181 e. The van der Waals surface area contributed by atoms with Gasteiger partial charge in [0, 0.05) is 11.3 Å². The molecule has 0 aromatic carbocycles. The zero-order chi connectivity index (χ0) is 12.3. The van der Waals surface area contributed by atoms with E-state index in [2.05, 4.69) is 46.0 Å². The predicted octanol–water partition coefficient (Wildman–Crippen LogP) is 1.83. The summed E-state index contributed by atoms with van der Waals surface area (Å²) in [5.74, 6) is 0. The Balaban J connectivity index is 2.15. The van der Waals surface area contributed by atoms with E-state index in [4.69, 9.17) is 0 Å². The number of nitrogens with zero attached hydrogens (tertiary/aromatic N) is 3. The van der Waals surface area contributed by atoms with Gasteiger partial charge in [-0.25, -0.2) is 15.0 Å². The maximum absolute atomic E-state index is 4.31. The van der Waals surface area contributed by atoms with Crippen LogP contribution in [0.15, 0.2) is 17.7 Å². The van der Waals surface area contributed by atoms with Crippen molar-refractivity contribution in [3.8, 4) is 0 Å². The Kier molecular flexibility index (Phi) is 3.96. The SMILES string of the molecule is CCNC(C)C(C)Sc1ncnc2nc[nH]c12. The summed E-state index contributed by atoms with van der Waals surface area (Å²) in [6, 6.07) is 0.443. The minimum atomic E-state index is 0.441. The van der Waals surface area contributed by atoms with Crippen LogP contribution < -0.4 is 5.32 Å². The molecular weight excluding hydrogens is 234 g/mol. The van der Waals surface area contributed by atoms with Gasteiger partial charge in [-0.1, -0.05) is 25.6 Å². The Morgan fingerprint density at radius 2 is 2.18 bits per heavy atom. The van der Waals surface area contributed by atoms with Crippen LogP contribution in [0.1, 0.15) is 20.8 Å². The molecule has 0 aliphatic heterocycles. The maximum atomic E-state index is 4.31. The summed E-state index contributed by atoms with van der Waals surface area (Å²) in [6.07, 6.45) is 3.22. The molecule has 0 aliphatic rings. The van der Waals surface area contributed by atoms with Crippen molar-refractivity contribution in [1.29, 1.82) is 0 Å². The molecule has 5 nitrogen and oxygen atoms in total. The zero-order valence-electron chi connectivity index (χ0n) is 10.3. The van der Waals surface area contributed by atoms with Gasteiger partial charge in [0.15, 0.2) is 5.65 Å². The van der Waals surface area contributed by atoms with Gasteiger partial charge in [0.2, 0.25) is 0 Å². The summed E-state index contributed by atoms with van der Waals surface area (Å²) in [7, 11) is 0. The summed E-state index contributed by atoms with van der Waals surface area (Å²) in [6.45, 7) is 7.48. The van der Waals surface area contributed by atoms with Crippen LogP contribution in [0, 0.1) is 0 Å². The second-order valence-corrected chi connectivity index (χ2v) is 5.32. The third-order valence-corrected chi connectivity index (χ3v) is 4.03. The molecule has 0 aliphatic carbocycles. The van der Waals surface area contributed by atoms with Crippen LogP contribution in [0.3, 0.4) is 0 Å². The Hall–Kier alpha value is -1.14. The van der Waals surface area contributed by atoms with Gasteiger partial charge < -0.3 is 10.3 Å². The summed E-state index contributed by atoms with van der Waals surface area (Å²) in [4.78, 5) is 15.6. The van der Waals surface area contributed by atoms with Gasteiger partial charge >= 0.3 is 0 Å². The molecule has 2 unspecified atom stereocenters. The second kappa shape index (κ2) is 5.46. The van der Waals surface area contributed by atoms with Crippen LogP contribution in [0.2, 0.25) is 0 Å². The van der Waals surface area contributed by atoms with Crippen molar-refractivity contribution in [2.75, 3.05) is 6.54 Å². The molecule has 2 atom stereocenters. The number of aromatic amines is 1. The summed E-state index contributed by atoms with van der Waals surface area (Å²) >= 11 is 1.74. The number of nitrogens with one attached hydrogen (secondary N) is 2. The normalized spacial score (nSPS) is 15.0. The fraction of sp³-hybridized carbons (Fsp3) is 0.545. The summed E-state index contributed by atoms with van der Waals surface area (Å²) in [5, 5.41) is 4.82. The number of rotatable bonds is 5. The lowest BCUT2D eigenvalue weighted by Gasteiger charge is -2.19. The first-order valence-electron chi connectivity index (χ1n) is 5.76. The van der Waals surface area contributed by atoms with E-state index < -0.39 is 0 Å². The molecule has 0 saturated heterocycles. The van der Waals surface area contributed by atoms with Crippen LogP contribution in [0.5, 0.6) is 0 Å². The summed E-state index contributed by atoms with van der Waals surface area (Å²) in [5.41, 5.74) is 1.65. The molecule has 0 radical (unpaired) electrons. The number of aromatic nitrogens is 4. The van der Waals surface area contributed by atoms with Crippen molar-refractivity contribution in [2.45, 2.75) is 37.1 Å². The number of H-pyrrole nitrogens is 1. The molecule has 92 valence electrons. The highest BCUT2D eigenvalue weighted by molar-refractivity contribution is 8.00. The van der Waals surface area contributed by atoms with Gasteiger partial charge in [0.25, 0.3) is 0 Å². The first kappa shape index (κ1) is 12.3. The van der Waals surface area contributed by atoms with E-state index in [1.54, 1.807) is 24.4 Å². The fourth-order valence-electron chi connectivity index (χ4n) is 1.60. The van der Waals surface area contributed by atoms with E-state index >= 15 is 0 Å². The van der Waals surface area contributed by atoms with Crippen molar-refractivity contribution >= 4 is 22.9 Å². The highest BCUT2D eigenvalue weighted by Gasteiger charge is 2.15. The van der Waals surface area contributed by atoms with Gasteiger partial charge in [0.05, 0.1) is 6.33 Å². The van der Waals surface area contributed by atoms with E-state index in [1.165, 1.54) is 0 Å². The number of thioether (sulfide) groups is 1. The second-order valence-electron chi connectivity index (χ2n) is 3.95. The third kappa shape index (κ3) is 2.76. The van der Waals surface area contributed by atoms with Gasteiger partial charge in [-0.05, 0) is 13.5 Å². The quantitative estimate of drug-likeness (QED) is 0.627. The molecule has 0 amide bonds. The standard InChI is InChI=1S/C11H17N5S/c1-4-12-7(2)8(3)17-11-9-10(14-5-13-9)15-6-16-11/h5-8,12H,4H2,1-3H3,(H,13,14,15,16). The van der Waals surface area contributed by atoms with Gasteiger partial charge in [-0.3, -0.25) is 0 Å². The Morgan fingerprint density at radius 1 is 1.35 bits per heavy atom. The maximum Gasteiger partial charge on any atom is 0.181 e. The molecule has 0 fully saturated rings. The van der Waals surface area contributed by atoms with E-state index in [1.807, 2.05) is 0 Å². The van der Waals surface area contributed by atoms with Crippen LogP contribution in [-0.2, 0) is 0 Å². The van der Waals surface area contributed by atoms with E-state index in [0.29, 0.717) is 11.3 Å². The van der Waals surface area contributed by atoms with Crippen LogP contribution in [0.4, 0.5) is 0 Å². The molecule has 17 heavy (non-hydrogen) atoms. The van der Waals surface area contributed by atoms with Crippen LogP contribution >= 0.6 is 11.8 Å². The first-order valence-corrected chi connectivity index (χ1v) is 6.64. The summed E-state index contributed by atoms with van der Waals surface area (Å²) < 4.78 is 0. The molecule has 2 N–H and O–H groups in total. The van der Waals surface area contributed by atoms with E-state index in [0.717, 1.165) is 22.7 Å². The topological polar surface area (TPSA) is 66.5 Å². The average molecular weight is 251 g/mol. The number of hydrogen-bond donors (Lipinski definition) is 2. The van der Waals surface area contributed by atoms with Crippen LogP contribution in [0.25, 0.3) is 11.2 Å². The van der Waals surface area contributed by atoms with Gasteiger partial charge in [-0.15, -0.1) is 0 Å². The van der Waals surface area contributed by atoms with Gasteiger partial charge in [-0.2, -0.15) is 0 Å². The van der Waals surface area contributed by atoms with Crippen molar-refractivity contribution < 1.29 is 0 Å². The van der Waals surface area contributed by atoms with Crippen molar-refractivity contribution in [3.05, 3.63) is 12.7 Å². The average Bonchev–Trinajstić information content (AvgIpc) is 2.78. The number of fused-ring (bicyclic) bond motifs is 1. The van der Waals surface area contributed by atoms with Crippen molar-refractivity contribution in [2.24, 2.45) is 0 Å². The molecule has 0 bridgehead atoms. The molecular formula is C11H17N5S. The molecule has 2 heterocycles. The lowest BCUT2D eigenvalue weighted by molar-refractivity contribution is 0.563. The third-order valence-electron chi connectivity index (χ3n) is 2.72. The minimum absolute atomic E-state index is 0.441. The lowest BCUT2D eigenvalue weighted by atomic mass is 10.2. The highest BCUT2D eigenvalue weighted by atomic mass is 32.2. The Morgan fingerprint density at radius 3 is 2.94 bits per heavy atom. The van der Waals surface area contributed by atoms with Crippen LogP contribution in [-0.4, -0.2) is 37.8 Å². The largest absolute Gasteiger partial charge is 0.341 e. The molecule has 0 saturated carbocycles. The Labute approximate surface area is 105 Å². The molecule has 6 heteroatoms. The molecule has 2 rings (SSSR count). The highest BCUT2D eigenvalue weighted by Crippen LogP contribution is 2.27. The molecule has 2 aromatic rings. The number of imidazole rings is 1. The minimum Gasteiger partial charge on any atom is -0.341 e. The van der Waals surface area contributed by atoms with Gasteiger partial charge in [0.1, 0.15) is 16.9 Å². The Bertz CT molecular complexity index is 483. The lowest BCUT2D eigenvalue weighted by Crippen LogP contribution is -2.33. The van der Waals surface area contributed by atoms with Crippen molar-refractivity contribution in [3.63, 3.8) is 0 Å². The first-order chi connectivity index (χ1) is 8.22.